The van der Waals surface area contributed by atoms with Crippen LogP contribution in [0.1, 0.15) is 0 Å². The van der Waals surface area contributed by atoms with Crippen molar-refractivity contribution in [2.45, 2.75) is 5.16 Å². The van der Waals surface area contributed by atoms with Crippen LogP contribution in [-0.4, -0.2) is 65.0 Å². The number of carbonyl (C=O) groups excluding carboxylic acids is 1. The van der Waals surface area contributed by atoms with Gasteiger partial charge in [0.25, 0.3) is 0 Å². The van der Waals surface area contributed by atoms with Crippen molar-refractivity contribution in [3.8, 4) is 5.75 Å². The largest absolute Gasteiger partial charge is 0.495 e. The number of H-pyrrole nitrogens is 1. The van der Waals surface area contributed by atoms with Gasteiger partial charge in [0.2, 0.25) is 5.91 Å². The van der Waals surface area contributed by atoms with Gasteiger partial charge in [-0.05, 0) is 12.1 Å². The maximum absolute atomic E-state index is 12.3. The molecule has 1 fully saturated rings. The third kappa shape index (κ3) is 3.76. The van der Waals surface area contributed by atoms with Crippen LogP contribution in [0.3, 0.4) is 0 Å². The predicted molar refractivity (Wildman–Crippen MR) is 88.9 cm³/mol. The minimum Gasteiger partial charge on any atom is -0.495 e. The number of aromatic nitrogens is 3. The number of aromatic amines is 1. The van der Waals surface area contributed by atoms with Gasteiger partial charge < -0.3 is 14.5 Å². The van der Waals surface area contributed by atoms with Crippen LogP contribution in [0.4, 0.5) is 5.69 Å². The molecule has 122 valence electrons. The van der Waals surface area contributed by atoms with Gasteiger partial charge in [0.1, 0.15) is 12.1 Å². The van der Waals surface area contributed by atoms with Crippen LogP contribution in [0.2, 0.25) is 0 Å². The quantitative estimate of drug-likeness (QED) is 0.830. The third-order valence-electron chi connectivity index (χ3n) is 3.78. The molecule has 1 N–H and O–H groups in total. The fourth-order valence-corrected chi connectivity index (χ4v) is 3.25. The van der Waals surface area contributed by atoms with Crippen molar-refractivity contribution in [1.29, 1.82) is 0 Å². The van der Waals surface area contributed by atoms with Crippen LogP contribution in [0.5, 0.6) is 5.75 Å². The van der Waals surface area contributed by atoms with Crippen molar-refractivity contribution in [1.82, 2.24) is 20.1 Å². The highest BCUT2D eigenvalue weighted by Gasteiger charge is 2.22. The first-order valence-corrected chi connectivity index (χ1v) is 8.40. The number of ether oxygens (including phenoxy) is 1. The SMILES string of the molecule is COc1ccccc1N1CCN(C(=O)CSc2ncn[nH]2)CC1. The zero-order valence-corrected chi connectivity index (χ0v) is 13.8. The molecule has 1 aromatic carbocycles. The summed E-state index contributed by atoms with van der Waals surface area (Å²) < 4.78 is 5.41. The minimum atomic E-state index is 0.131. The third-order valence-corrected chi connectivity index (χ3v) is 4.64. The van der Waals surface area contributed by atoms with Gasteiger partial charge in [0, 0.05) is 26.2 Å². The van der Waals surface area contributed by atoms with E-state index in [1.54, 1.807) is 7.11 Å². The molecule has 0 unspecified atom stereocenters. The highest BCUT2D eigenvalue weighted by molar-refractivity contribution is 7.99. The number of anilines is 1. The molecule has 1 aromatic heterocycles. The molecule has 0 saturated carbocycles. The Hall–Kier alpha value is -2.22. The first-order chi connectivity index (χ1) is 11.3. The first kappa shape index (κ1) is 15.7. The summed E-state index contributed by atoms with van der Waals surface area (Å²) in [7, 11) is 1.68. The highest BCUT2D eigenvalue weighted by atomic mass is 32.2. The predicted octanol–water partition coefficient (Wildman–Crippen LogP) is 1.25. The lowest BCUT2D eigenvalue weighted by Gasteiger charge is -2.36. The van der Waals surface area contributed by atoms with E-state index < -0.39 is 0 Å². The molecule has 2 aromatic rings. The molecule has 0 aliphatic carbocycles. The minimum absolute atomic E-state index is 0.131. The Kier molecular flexibility index (Phi) is 5.02. The van der Waals surface area contributed by atoms with Crippen molar-refractivity contribution in [2.24, 2.45) is 0 Å². The summed E-state index contributed by atoms with van der Waals surface area (Å²) in [5, 5.41) is 7.19. The Morgan fingerprint density at radius 2 is 2.09 bits per heavy atom. The number of methoxy groups -OCH3 is 1. The van der Waals surface area contributed by atoms with E-state index in [2.05, 4.69) is 26.1 Å². The number of hydrogen-bond donors (Lipinski definition) is 1. The van der Waals surface area contributed by atoms with E-state index in [1.807, 2.05) is 23.1 Å². The number of hydrogen-bond acceptors (Lipinski definition) is 6. The van der Waals surface area contributed by atoms with Gasteiger partial charge in [-0.3, -0.25) is 9.89 Å². The molecule has 0 spiro atoms. The zero-order valence-electron chi connectivity index (χ0n) is 12.9. The van der Waals surface area contributed by atoms with Gasteiger partial charge in [-0.25, -0.2) is 4.98 Å². The van der Waals surface area contributed by atoms with E-state index in [4.69, 9.17) is 4.74 Å². The number of para-hydroxylation sites is 2. The van der Waals surface area contributed by atoms with Gasteiger partial charge >= 0.3 is 0 Å². The summed E-state index contributed by atoms with van der Waals surface area (Å²) in [5.74, 6) is 1.38. The van der Waals surface area contributed by atoms with E-state index in [-0.39, 0.29) is 5.91 Å². The zero-order chi connectivity index (χ0) is 16.1. The topological polar surface area (TPSA) is 74.3 Å². The summed E-state index contributed by atoms with van der Waals surface area (Å²) in [6.45, 7) is 3.04. The van der Waals surface area contributed by atoms with E-state index >= 15 is 0 Å². The van der Waals surface area contributed by atoms with Crippen LogP contribution in [0, 0.1) is 0 Å². The number of nitrogens with zero attached hydrogens (tertiary/aromatic N) is 4. The van der Waals surface area contributed by atoms with Crippen molar-refractivity contribution in [3.05, 3.63) is 30.6 Å². The van der Waals surface area contributed by atoms with Gasteiger partial charge in [-0.2, -0.15) is 5.10 Å². The lowest BCUT2D eigenvalue weighted by molar-refractivity contribution is -0.128. The maximum atomic E-state index is 12.3. The van der Waals surface area contributed by atoms with Crippen LogP contribution in [0.15, 0.2) is 35.7 Å². The molecule has 1 saturated heterocycles. The number of nitrogens with one attached hydrogen (secondary N) is 1. The lowest BCUT2D eigenvalue weighted by atomic mass is 10.2. The van der Waals surface area contributed by atoms with Crippen molar-refractivity contribution < 1.29 is 9.53 Å². The Morgan fingerprint density at radius 1 is 1.30 bits per heavy atom. The van der Waals surface area contributed by atoms with Crippen molar-refractivity contribution in [2.75, 3.05) is 43.9 Å². The molecule has 0 bridgehead atoms. The van der Waals surface area contributed by atoms with Crippen molar-refractivity contribution in [3.63, 3.8) is 0 Å². The molecule has 1 aliphatic heterocycles. The van der Waals surface area contributed by atoms with Crippen LogP contribution >= 0.6 is 11.8 Å². The summed E-state index contributed by atoms with van der Waals surface area (Å²) >= 11 is 1.38. The fraction of sp³-hybridized carbons (Fsp3) is 0.400. The molecular formula is C15H19N5O2S. The Morgan fingerprint density at radius 3 is 2.78 bits per heavy atom. The molecular weight excluding hydrogens is 314 g/mol. The van der Waals surface area contributed by atoms with E-state index in [1.165, 1.54) is 18.1 Å². The molecule has 8 heteroatoms. The van der Waals surface area contributed by atoms with Crippen molar-refractivity contribution >= 4 is 23.4 Å². The van der Waals surface area contributed by atoms with Gasteiger partial charge in [-0.15, -0.1) is 0 Å². The standard InChI is InChI=1S/C15H19N5O2S/c1-22-13-5-3-2-4-12(13)19-6-8-20(9-7-19)14(21)10-23-15-16-11-17-18-15/h2-5,11H,6-10H2,1H3,(H,16,17,18). The number of benzene rings is 1. The Labute approximate surface area is 139 Å². The number of carbonyl (C=O) groups is 1. The van der Waals surface area contributed by atoms with Crippen LogP contribution in [0.25, 0.3) is 0 Å². The Bertz CT molecular complexity index is 641. The summed E-state index contributed by atoms with van der Waals surface area (Å²) in [6, 6.07) is 7.98. The average Bonchev–Trinajstić information content (AvgIpc) is 3.13. The number of thioether (sulfide) groups is 1. The summed E-state index contributed by atoms with van der Waals surface area (Å²) in [5.41, 5.74) is 1.08. The van der Waals surface area contributed by atoms with Gasteiger partial charge in [0.05, 0.1) is 18.6 Å². The lowest BCUT2D eigenvalue weighted by Crippen LogP contribution is -2.49. The van der Waals surface area contributed by atoms with Crippen LogP contribution in [-0.2, 0) is 4.79 Å². The molecule has 7 nitrogen and oxygen atoms in total. The molecule has 1 amide bonds. The van der Waals surface area contributed by atoms with Gasteiger partial charge in [-0.1, -0.05) is 23.9 Å². The highest BCUT2D eigenvalue weighted by Crippen LogP contribution is 2.28. The smallest absolute Gasteiger partial charge is 0.233 e. The first-order valence-electron chi connectivity index (χ1n) is 7.42. The molecule has 3 rings (SSSR count). The van der Waals surface area contributed by atoms with Crippen LogP contribution < -0.4 is 9.64 Å². The summed E-state index contributed by atoms with van der Waals surface area (Å²) in [6.07, 6.45) is 1.44. The fourth-order valence-electron chi connectivity index (χ4n) is 2.57. The second-order valence-electron chi connectivity index (χ2n) is 5.12. The molecule has 0 radical (unpaired) electrons. The van der Waals surface area contributed by atoms with E-state index in [9.17, 15) is 4.79 Å². The maximum Gasteiger partial charge on any atom is 0.233 e. The van der Waals surface area contributed by atoms with Gasteiger partial charge in [0.15, 0.2) is 5.16 Å². The van der Waals surface area contributed by atoms with E-state index in [0.717, 1.165) is 24.5 Å². The normalized spacial score (nSPS) is 14.8. The number of rotatable bonds is 5. The molecule has 2 heterocycles. The number of amides is 1. The molecule has 1 aliphatic rings. The summed E-state index contributed by atoms with van der Waals surface area (Å²) in [4.78, 5) is 20.4. The number of piperazine rings is 1. The monoisotopic (exact) mass is 333 g/mol. The molecule has 23 heavy (non-hydrogen) atoms. The Balaban J connectivity index is 1.52. The molecule has 0 atom stereocenters. The van der Waals surface area contributed by atoms with E-state index in [0.29, 0.717) is 24.0 Å². The second-order valence-corrected chi connectivity index (χ2v) is 6.08. The average molecular weight is 333 g/mol. The second kappa shape index (κ2) is 7.36.